The lowest BCUT2D eigenvalue weighted by molar-refractivity contribution is -0.136. The Morgan fingerprint density at radius 1 is 0.631 bits per heavy atom. The van der Waals surface area contributed by atoms with E-state index in [9.17, 15) is 14.0 Å². The molecule has 0 unspecified atom stereocenters. The Bertz CT molecular complexity index is 2470. The number of aromatic nitrogens is 2. The van der Waals surface area contributed by atoms with E-state index in [-0.39, 0.29) is 19.4 Å². The highest BCUT2D eigenvalue weighted by Gasteiger charge is 2.22. The van der Waals surface area contributed by atoms with Crippen LogP contribution in [0.15, 0.2) is 128 Å². The molecule has 0 amide bonds. The number of aryl methyl sites for hydroxylation is 2. The first-order valence-corrected chi connectivity index (χ1v) is 21.4. The first-order chi connectivity index (χ1) is 31.6. The molecule has 2 aromatic heterocycles. The number of ether oxygens (including phenoxy) is 2. The predicted molar refractivity (Wildman–Crippen MR) is 242 cm³/mol. The van der Waals surface area contributed by atoms with Crippen LogP contribution < -0.4 is 9.47 Å². The Labute approximate surface area is 376 Å². The van der Waals surface area contributed by atoms with E-state index in [0.29, 0.717) is 80.4 Å². The Morgan fingerprint density at radius 3 is 1.46 bits per heavy atom. The summed E-state index contributed by atoms with van der Waals surface area (Å²) in [5.41, 5.74) is 6.24. The van der Waals surface area contributed by atoms with Crippen LogP contribution in [0.25, 0.3) is 22.9 Å². The van der Waals surface area contributed by atoms with Gasteiger partial charge in [0.05, 0.1) is 48.9 Å². The molecule has 0 bridgehead atoms. The summed E-state index contributed by atoms with van der Waals surface area (Å²) in [6, 6.07) is 34.4. The van der Waals surface area contributed by atoms with Gasteiger partial charge in [-0.25, -0.2) is 14.4 Å². The van der Waals surface area contributed by atoms with Crippen molar-refractivity contribution in [3.05, 3.63) is 143 Å². The van der Waals surface area contributed by atoms with E-state index < -0.39 is 18.6 Å². The number of hydrogen-bond acceptors (Lipinski definition) is 12. The van der Waals surface area contributed by atoms with Crippen LogP contribution in [0.2, 0.25) is 0 Å². The molecule has 1 fully saturated rings. The smallest absolute Gasteiger partial charge is 0.309 e. The van der Waals surface area contributed by atoms with Gasteiger partial charge in [0.1, 0.15) is 42.9 Å². The summed E-state index contributed by atoms with van der Waals surface area (Å²) < 4.78 is 35.4. The van der Waals surface area contributed by atoms with Gasteiger partial charge in [-0.3, -0.25) is 9.59 Å². The summed E-state index contributed by atoms with van der Waals surface area (Å²) in [5.74, 6) is 2.83. The maximum atomic E-state index is 12.2. The molecule has 1 aliphatic rings. The van der Waals surface area contributed by atoms with Gasteiger partial charge in [0, 0.05) is 36.8 Å². The zero-order chi connectivity index (χ0) is 45.8. The van der Waals surface area contributed by atoms with Crippen LogP contribution in [0.4, 0.5) is 4.39 Å². The summed E-state index contributed by atoms with van der Waals surface area (Å²) in [5, 5.41) is 25.9. The van der Waals surface area contributed by atoms with Crippen molar-refractivity contribution in [2.75, 3.05) is 33.1 Å². The molecule has 0 atom stereocenters. The van der Waals surface area contributed by atoms with Crippen molar-refractivity contribution in [3.8, 4) is 34.4 Å². The predicted octanol–water partition coefficient (Wildman–Crippen LogP) is 9.70. The number of nitrogens with zero attached hydrogens (tertiary/aromatic N) is 4. The quantitative estimate of drug-likeness (QED) is 0.0333. The lowest BCUT2D eigenvalue weighted by atomic mass is 10.1. The molecule has 1 saturated carbocycles. The number of hydrogen-bond donors (Lipinski definition) is 2. The van der Waals surface area contributed by atoms with Gasteiger partial charge in [-0.15, -0.1) is 0 Å². The molecular formula is C50H53FN4O10. The van der Waals surface area contributed by atoms with E-state index >= 15 is 0 Å². The molecule has 7 rings (SSSR count). The molecule has 0 radical (unpaired) electrons. The fourth-order valence-electron chi connectivity index (χ4n) is 6.43. The Balaban J connectivity index is 0.000000216. The average Bonchev–Trinajstić information content (AvgIpc) is 3.95. The van der Waals surface area contributed by atoms with Crippen LogP contribution in [-0.2, 0) is 44.9 Å². The van der Waals surface area contributed by atoms with Crippen molar-refractivity contribution in [1.29, 1.82) is 0 Å². The van der Waals surface area contributed by atoms with Crippen molar-refractivity contribution in [3.63, 3.8) is 0 Å². The van der Waals surface area contributed by atoms with Crippen LogP contribution in [0, 0.1) is 19.8 Å². The molecule has 15 heteroatoms. The van der Waals surface area contributed by atoms with Gasteiger partial charge in [-0.1, -0.05) is 71.0 Å². The van der Waals surface area contributed by atoms with Crippen LogP contribution in [0.5, 0.6) is 11.5 Å². The molecule has 14 nitrogen and oxygen atoms in total. The molecule has 6 aromatic rings. The summed E-state index contributed by atoms with van der Waals surface area (Å²) in [4.78, 5) is 41.4. The van der Waals surface area contributed by atoms with Gasteiger partial charge >= 0.3 is 11.9 Å². The number of carboxylic acids is 2. The number of carboxylic acid groups (broad SMARTS) is 2. The third kappa shape index (κ3) is 16.1. The third-order valence-electron chi connectivity index (χ3n) is 9.98. The van der Waals surface area contributed by atoms with Gasteiger partial charge in [0.2, 0.25) is 11.8 Å². The van der Waals surface area contributed by atoms with Crippen LogP contribution in [-0.4, -0.2) is 76.6 Å². The molecule has 2 N–H and O–H groups in total. The number of aliphatic carboxylic acids is 2. The number of halogens is 1. The first kappa shape index (κ1) is 47.2. The standard InChI is InChI=1S/C26H28N2O5.C24H25FN2O5/c1-18-24(27-26(33-18)21-5-3-2-4-6-21)13-14-31-23-11-9-19(10-12-23)15-22(16-25(29)30)28-32-17-20-7-8-20;1-17-22(26-24(32-17)19-5-3-2-4-6-19)11-13-30-21-9-7-18(8-10-21)15-20(16-23(28)29)27-31-14-12-25/h2-6,9-12,20H,7-8,13-17H2,1H3,(H,29,30);2-10H,11-16H2,1H3,(H,28,29). The fourth-order valence-corrected chi connectivity index (χ4v) is 6.43. The van der Waals surface area contributed by atoms with Gasteiger partial charge in [-0.05, 0) is 92.3 Å². The average molecular weight is 889 g/mol. The third-order valence-corrected chi connectivity index (χ3v) is 9.98. The van der Waals surface area contributed by atoms with E-state index in [1.807, 2.05) is 111 Å². The van der Waals surface area contributed by atoms with Crippen LogP contribution in [0.3, 0.4) is 0 Å². The second-order valence-corrected chi connectivity index (χ2v) is 15.3. The Kier molecular flexibility index (Phi) is 17.8. The normalized spacial score (nSPS) is 12.5. The zero-order valence-corrected chi connectivity index (χ0v) is 36.5. The SMILES string of the molecule is Cc1oc(-c2ccccc2)nc1CCOc1ccc(CC(CC(=O)O)=NOCC2CC2)cc1.Cc1oc(-c2ccccc2)nc1CCOc1ccc(CC(CC(=O)O)=NOCCF)cc1. The number of oxazole rings is 2. The second-order valence-electron chi connectivity index (χ2n) is 15.3. The van der Waals surface area contributed by atoms with E-state index in [4.69, 9.17) is 38.2 Å². The molecule has 0 saturated heterocycles. The topological polar surface area (TPSA) is 188 Å². The maximum Gasteiger partial charge on any atom is 0.309 e. The minimum atomic E-state index is -1.02. The van der Waals surface area contributed by atoms with Gasteiger partial charge < -0.3 is 38.2 Å². The molecule has 0 spiro atoms. The Morgan fingerprint density at radius 2 is 1.06 bits per heavy atom. The fraction of sp³-hybridized carbons (Fsp3) is 0.320. The molecule has 2 heterocycles. The van der Waals surface area contributed by atoms with Crippen LogP contribution in [0.1, 0.15) is 59.7 Å². The van der Waals surface area contributed by atoms with E-state index in [1.54, 1.807) is 12.1 Å². The Hall–Kier alpha value is -7.29. The number of carbonyl (C=O) groups is 2. The van der Waals surface area contributed by atoms with E-state index in [1.165, 1.54) is 0 Å². The lowest BCUT2D eigenvalue weighted by Gasteiger charge is -2.08. The minimum absolute atomic E-state index is 0.134. The number of alkyl halides is 1. The lowest BCUT2D eigenvalue weighted by Crippen LogP contribution is -2.11. The largest absolute Gasteiger partial charge is 0.493 e. The monoisotopic (exact) mass is 888 g/mol. The summed E-state index contributed by atoms with van der Waals surface area (Å²) >= 11 is 0. The maximum absolute atomic E-state index is 12.2. The summed E-state index contributed by atoms with van der Waals surface area (Å²) in [7, 11) is 0. The van der Waals surface area contributed by atoms with Crippen molar-refractivity contribution < 1.29 is 52.2 Å². The van der Waals surface area contributed by atoms with Gasteiger partial charge in [0.25, 0.3) is 0 Å². The highest BCUT2D eigenvalue weighted by molar-refractivity contribution is 5.99. The highest BCUT2D eigenvalue weighted by Crippen LogP contribution is 2.29. The highest BCUT2D eigenvalue weighted by atomic mass is 19.1. The second kappa shape index (κ2) is 24.5. The minimum Gasteiger partial charge on any atom is -0.493 e. The summed E-state index contributed by atoms with van der Waals surface area (Å²) in [6.07, 6.45) is 3.88. The number of benzene rings is 4. The van der Waals surface area contributed by atoms with E-state index in [0.717, 1.165) is 63.8 Å². The first-order valence-electron chi connectivity index (χ1n) is 21.4. The van der Waals surface area contributed by atoms with Crippen molar-refractivity contribution in [2.24, 2.45) is 16.2 Å². The molecule has 340 valence electrons. The summed E-state index contributed by atoms with van der Waals surface area (Å²) in [6.45, 7) is 4.38. The van der Waals surface area contributed by atoms with Crippen molar-refractivity contribution >= 4 is 23.4 Å². The molecule has 0 aliphatic heterocycles. The van der Waals surface area contributed by atoms with Gasteiger partial charge in [0.15, 0.2) is 0 Å². The number of rotatable bonds is 24. The zero-order valence-electron chi connectivity index (χ0n) is 36.5. The molecule has 65 heavy (non-hydrogen) atoms. The van der Waals surface area contributed by atoms with Crippen LogP contribution >= 0.6 is 0 Å². The van der Waals surface area contributed by atoms with Crippen molar-refractivity contribution in [1.82, 2.24) is 9.97 Å². The van der Waals surface area contributed by atoms with Crippen molar-refractivity contribution in [2.45, 2.75) is 65.2 Å². The molecule has 4 aromatic carbocycles. The number of oxime groups is 2. The molecule has 1 aliphatic carbocycles. The van der Waals surface area contributed by atoms with Gasteiger partial charge in [-0.2, -0.15) is 0 Å². The molecular weight excluding hydrogens is 836 g/mol. The van der Waals surface area contributed by atoms with E-state index in [2.05, 4.69) is 20.3 Å².